The molecule has 0 radical (unpaired) electrons. The SMILES string of the molecule is CC1=C(C)n2c(noc2=O)C(O)(c2ccc(Cl)cc2)S1. The van der Waals surface area contributed by atoms with Crippen molar-refractivity contribution < 1.29 is 9.63 Å². The number of thioether (sulfide) groups is 1. The first-order chi connectivity index (χ1) is 9.43. The van der Waals surface area contributed by atoms with Gasteiger partial charge in [-0.2, -0.15) is 0 Å². The summed E-state index contributed by atoms with van der Waals surface area (Å²) in [6.07, 6.45) is 0. The van der Waals surface area contributed by atoms with Crippen molar-refractivity contribution in [1.29, 1.82) is 0 Å². The Morgan fingerprint density at radius 2 is 2.00 bits per heavy atom. The lowest BCUT2D eigenvalue weighted by molar-refractivity contribution is 0.164. The molecule has 2 heterocycles. The quantitative estimate of drug-likeness (QED) is 0.877. The monoisotopic (exact) mass is 310 g/mol. The number of hydrogen-bond donors (Lipinski definition) is 1. The normalized spacial score (nSPS) is 22.0. The number of fused-ring (bicyclic) bond motifs is 1. The molecule has 0 fully saturated rings. The first-order valence-electron chi connectivity index (χ1n) is 5.88. The molecule has 7 heteroatoms. The van der Waals surface area contributed by atoms with Crippen LogP contribution in [0.1, 0.15) is 25.2 Å². The van der Waals surface area contributed by atoms with Crippen LogP contribution >= 0.6 is 23.4 Å². The summed E-state index contributed by atoms with van der Waals surface area (Å²) in [5.74, 6) is -0.442. The van der Waals surface area contributed by atoms with Gasteiger partial charge in [0.25, 0.3) is 0 Å². The second kappa shape index (κ2) is 4.51. The lowest BCUT2D eigenvalue weighted by Crippen LogP contribution is -2.33. The van der Waals surface area contributed by atoms with Gasteiger partial charge in [0.2, 0.25) is 10.8 Å². The number of nitrogens with zero attached hydrogens (tertiary/aromatic N) is 2. The molecule has 1 aliphatic rings. The summed E-state index contributed by atoms with van der Waals surface area (Å²) in [5.41, 5.74) is 1.29. The highest BCUT2D eigenvalue weighted by atomic mass is 35.5. The van der Waals surface area contributed by atoms with Gasteiger partial charge in [-0.05, 0) is 26.0 Å². The van der Waals surface area contributed by atoms with Crippen LogP contribution in [0.5, 0.6) is 0 Å². The molecule has 104 valence electrons. The maximum Gasteiger partial charge on any atom is 0.446 e. The fourth-order valence-corrected chi connectivity index (χ4v) is 3.40. The van der Waals surface area contributed by atoms with Gasteiger partial charge in [-0.25, -0.2) is 9.36 Å². The second-order valence-electron chi connectivity index (χ2n) is 4.50. The van der Waals surface area contributed by atoms with E-state index in [1.54, 1.807) is 31.2 Å². The van der Waals surface area contributed by atoms with Crippen molar-refractivity contribution in [3.05, 3.63) is 56.1 Å². The lowest BCUT2D eigenvalue weighted by atomic mass is 10.1. The molecule has 0 amide bonds. The Kier molecular flexibility index (Phi) is 3.04. The molecule has 2 aromatic rings. The third-order valence-electron chi connectivity index (χ3n) is 3.29. The molecule has 1 unspecified atom stereocenters. The molecule has 0 spiro atoms. The largest absolute Gasteiger partial charge is 0.446 e. The van der Waals surface area contributed by atoms with Crippen LogP contribution in [-0.2, 0) is 4.93 Å². The van der Waals surface area contributed by atoms with Crippen molar-refractivity contribution in [3.63, 3.8) is 0 Å². The van der Waals surface area contributed by atoms with Crippen LogP contribution in [0, 0.1) is 0 Å². The van der Waals surface area contributed by atoms with E-state index in [0.29, 0.717) is 16.3 Å². The van der Waals surface area contributed by atoms with E-state index in [0.717, 1.165) is 4.91 Å². The van der Waals surface area contributed by atoms with E-state index >= 15 is 0 Å². The fourth-order valence-electron chi connectivity index (χ4n) is 2.12. The molecule has 0 saturated carbocycles. The fraction of sp³-hybridized carbons (Fsp3) is 0.231. The van der Waals surface area contributed by atoms with Crippen LogP contribution in [-0.4, -0.2) is 14.8 Å². The Labute approximate surface area is 123 Å². The molecular formula is C13H11ClN2O3S. The Bertz CT molecular complexity index is 763. The molecule has 3 rings (SSSR count). The van der Waals surface area contributed by atoms with Gasteiger partial charge in [0, 0.05) is 21.2 Å². The van der Waals surface area contributed by atoms with Gasteiger partial charge in [0.1, 0.15) is 0 Å². The predicted molar refractivity (Wildman–Crippen MR) is 77.4 cm³/mol. The van der Waals surface area contributed by atoms with E-state index in [4.69, 9.17) is 16.1 Å². The van der Waals surface area contributed by atoms with E-state index in [-0.39, 0.29) is 5.82 Å². The average Bonchev–Trinajstić information content (AvgIpc) is 2.80. The summed E-state index contributed by atoms with van der Waals surface area (Å²) in [7, 11) is 0. The van der Waals surface area contributed by atoms with Gasteiger partial charge in [-0.3, -0.25) is 4.52 Å². The average molecular weight is 311 g/mol. The predicted octanol–water partition coefficient (Wildman–Crippen LogP) is 2.64. The van der Waals surface area contributed by atoms with Crippen LogP contribution in [0.3, 0.4) is 0 Å². The zero-order valence-electron chi connectivity index (χ0n) is 10.8. The molecule has 0 aliphatic carbocycles. The second-order valence-corrected chi connectivity index (χ2v) is 6.35. The highest BCUT2D eigenvalue weighted by Crippen LogP contribution is 2.48. The van der Waals surface area contributed by atoms with Gasteiger partial charge in [-0.15, -0.1) is 0 Å². The highest BCUT2D eigenvalue weighted by Gasteiger charge is 2.43. The van der Waals surface area contributed by atoms with Crippen molar-refractivity contribution in [1.82, 2.24) is 9.72 Å². The van der Waals surface area contributed by atoms with E-state index < -0.39 is 10.7 Å². The lowest BCUT2D eigenvalue weighted by Gasteiger charge is -2.31. The molecule has 1 aromatic heterocycles. The van der Waals surface area contributed by atoms with Gasteiger partial charge >= 0.3 is 5.76 Å². The Morgan fingerprint density at radius 3 is 2.65 bits per heavy atom. The smallest absolute Gasteiger partial charge is 0.368 e. The number of allylic oxidation sites excluding steroid dienone is 2. The van der Waals surface area contributed by atoms with Gasteiger partial charge < -0.3 is 5.11 Å². The van der Waals surface area contributed by atoms with Crippen LogP contribution < -0.4 is 5.76 Å². The van der Waals surface area contributed by atoms with Gasteiger partial charge in [-0.1, -0.05) is 40.7 Å². The van der Waals surface area contributed by atoms with Crippen molar-refractivity contribution >= 4 is 29.1 Å². The molecular weight excluding hydrogens is 300 g/mol. The van der Waals surface area contributed by atoms with Crippen molar-refractivity contribution in [2.45, 2.75) is 18.8 Å². The first-order valence-corrected chi connectivity index (χ1v) is 7.07. The standard InChI is InChI=1S/C13H11ClN2O3S/c1-7-8(2)20-13(18,9-3-5-10(14)6-4-9)11-15-19-12(17)16(7)11/h3-6,18H,1-2H3. The van der Waals surface area contributed by atoms with E-state index in [1.807, 2.05) is 6.92 Å². The minimum absolute atomic E-state index is 0.165. The summed E-state index contributed by atoms with van der Waals surface area (Å²) in [6, 6.07) is 6.76. The number of benzene rings is 1. The van der Waals surface area contributed by atoms with Crippen LogP contribution in [0.25, 0.3) is 5.70 Å². The zero-order valence-corrected chi connectivity index (χ0v) is 12.3. The minimum Gasteiger partial charge on any atom is -0.368 e. The molecule has 1 N–H and O–H groups in total. The summed E-state index contributed by atoms with van der Waals surface area (Å²) in [5, 5.41) is 15.3. The number of aliphatic hydroxyl groups is 1. The Hall–Kier alpha value is -1.50. The molecule has 0 bridgehead atoms. The summed E-state index contributed by atoms with van der Waals surface area (Å²) < 4.78 is 5.99. The van der Waals surface area contributed by atoms with Crippen molar-refractivity contribution in [3.8, 4) is 0 Å². The zero-order chi connectivity index (χ0) is 14.5. The maximum absolute atomic E-state index is 11.8. The molecule has 1 aliphatic heterocycles. The summed E-state index contributed by atoms with van der Waals surface area (Å²) >= 11 is 7.09. The molecule has 5 nitrogen and oxygen atoms in total. The van der Waals surface area contributed by atoms with Crippen LogP contribution in [0.4, 0.5) is 0 Å². The van der Waals surface area contributed by atoms with Gasteiger partial charge in [0.05, 0.1) is 0 Å². The van der Waals surface area contributed by atoms with Crippen LogP contribution in [0.2, 0.25) is 5.02 Å². The van der Waals surface area contributed by atoms with E-state index in [9.17, 15) is 9.90 Å². The molecule has 1 aromatic carbocycles. The third kappa shape index (κ3) is 1.83. The number of rotatable bonds is 1. The van der Waals surface area contributed by atoms with Crippen molar-refractivity contribution in [2.24, 2.45) is 0 Å². The van der Waals surface area contributed by atoms with Crippen molar-refractivity contribution in [2.75, 3.05) is 0 Å². The number of hydrogen-bond acceptors (Lipinski definition) is 5. The molecule has 0 saturated heterocycles. The Balaban J connectivity index is 2.25. The van der Waals surface area contributed by atoms with Gasteiger partial charge in [0.15, 0.2) is 0 Å². The van der Waals surface area contributed by atoms with Crippen LogP contribution in [0.15, 0.2) is 38.5 Å². The Morgan fingerprint density at radius 1 is 1.35 bits per heavy atom. The maximum atomic E-state index is 11.8. The molecule has 1 atom stereocenters. The number of aromatic nitrogens is 2. The first kappa shape index (κ1) is 13.5. The summed E-state index contributed by atoms with van der Waals surface area (Å²) in [6.45, 7) is 3.62. The molecule has 20 heavy (non-hydrogen) atoms. The third-order valence-corrected chi connectivity index (χ3v) is 4.86. The number of halogens is 1. The summed E-state index contributed by atoms with van der Waals surface area (Å²) in [4.78, 5) is 11.1. The minimum atomic E-state index is -1.47. The van der Waals surface area contributed by atoms with E-state index in [1.165, 1.54) is 16.3 Å². The van der Waals surface area contributed by atoms with E-state index in [2.05, 4.69) is 5.16 Å². The highest BCUT2D eigenvalue weighted by molar-refractivity contribution is 8.04. The topological polar surface area (TPSA) is 68.3 Å².